The largest absolute Gasteiger partial charge is 0.348 e. The molecule has 39 heavy (non-hydrogen) atoms. The van der Waals surface area contributed by atoms with Crippen LogP contribution in [-0.2, 0) is 22.7 Å². The second-order valence-electron chi connectivity index (χ2n) is 13.2. The molecule has 1 spiro atoms. The third-order valence-electron chi connectivity index (χ3n) is 8.86. The molecule has 2 aromatic heterocycles. The zero-order valence-electron chi connectivity index (χ0n) is 24.0. The van der Waals surface area contributed by atoms with Crippen molar-refractivity contribution >= 4 is 11.8 Å². The molecule has 3 fully saturated rings. The summed E-state index contributed by atoms with van der Waals surface area (Å²) in [4.78, 5) is 50.3. The van der Waals surface area contributed by atoms with E-state index in [0.29, 0.717) is 37.6 Å². The van der Waals surface area contributed by atoms with Gasteiger partial charge in [-0.15, -0.1) is 0 Å². The lowest BCUT2D eigenvalue weighted by Gasteiger charge is -2.41. The molecular formula is C29H46N8O2. The van der Waals surface area contributed by atoms with Crippen LogP contribution >= 0.6 is 0 Å². The fourth-order valence-corrected chi connectivity index (χ4v) is 6.71. The number of likely N-dealkylation sites (tertiary alicyclic amines) is 3. The Labute approximate surface area is 232 Å². The smallest absolute Gasteiger partial charge is 0.232 e. The van der Waals surface area contributed by atoms with Gasteiger partial charge in [0.1, 0.15) is 18.1 Å². The highest BCUT2D eigenvalue weighted by Gasteiger charge is 2.42. The lowest BCUT2D eigenvalue weighted by atomic mass is 9.77. The van der Waals surface area contributed by atoms with Gasteiger partial charge in [-0.2, -0.15) is 0 Å². The highest BCUT2D eigenvalue weighted by molar-refractivity contribution is 5.97. The molecule has 0 atom stereocenters. The first-order chi connectivity index (χ1) is 18.7. The zero-order valence-corrected chi connectivity index (χ0v) is 24.0. The Morgan fingerprint density at radius 1 is 0.897 bits per heavy atom. The number of H-pyrrole nitrogens is 2. The molecule has 2 amide bonds. The summed E-state index contributed by atoms with van der Waals surface area (Å²) >= 11 is 0. The summed E-state index contributed by atoms with van der Waals surface area (Å²) in [5, 5.41) is 0. The van der Waals surface area contributed by atoms with Gasteiger partial charge < -0.3 is 24.7 Å². The number of amides is 2. The van der Waals surface area contributed by atoms with Gasteiger partial charge in [0.25, 0.3) is 0 Å². The minimum absolute atomic E-state index is 0.000594. The summed E-state index contributed by atoms with van der Waals surface area (Å²) < 4.78 is 0. The van der Waals surface area contributed by atoms with Gasteiger partial charge in [0, 0.05) is 63.6 Å². The number of imidazole rings is 2. The molecule has 0 saturated carbocycles. The Morgan fingerprint density at radius 3 is 2.00 bits per heavy atom. The van der Waals surface area contributed by atoms with Crippen LogP contribution in [0.15, 0.2) is 24.8 Å². The molecular weight excluding hydrogens is 492 g/mol. The Hall–Kier alpha value is -2.72. The lowest BCUT2D eigenvalue weighted by Crippen LogP contribution is -2.47. The summed E-state index contributed by atoms with van der Waals surface area (Å²) in [7, 11) is 0. The van der Waals surface area contributed by atoms with Gasteiger partial charge in [0.2, 0.25) is 11.8 Å². The van der Waals surface area contributed by atoms with Crippen LogP contribution in [0.3, 0.4) is 0 Å². The molecule has 2 aromatic rings. The molecule has 0 unspecified atom stereocenters. The van der Waals surface area contributed by atoms with Crippen LogP contribution in [0.4, 0.5) is 0 Å². The zero-order chi connectivity index (χ0) is 27.5. The van der Waals surface area contributed by atoms with Crippen molar-refractivity contribution in [2.45, 2.75) is 78.4 Å². The molecule has 0 radical (unpaired) electrons. The first kappa shape index (κ1) is 27.8. The van der Waals surface area contributed by atoms with Crippen molar-refractivity contribution in [2.24, 2.45) is 10.8 Å². The predicted molar refractivity (Wildman–Crippen MR) is 149 cm³/mol. The molecule has 0 aliphatic carbocycles. The van der Waals surface area contributed by atoms with E-state index in [1.807, 2.05) is 22.2 Å². The quantitative estimate of drug-likeness (QED) is 0.501. The minimum atomic E-state index is -0.0250. The monoisotopic (exact) mass is 538 g/mol. The topological polar surface area (TPSA) is 104 Å². The molecule has 5 rings (SSSR count). The van der Waals surface area contributed by atoms with Crippen LogP contribution in [0.5, 0.6) is 0 Å². The van der Waals surface area contributed by atoms with Crippen molar-refractivity contribution in [3.63, 3.8) is 0 Å². The number of rotatable bonds is 8. The highest BCUT2D eigenvalue weighted by atomic mass is 16.2. The van der Waals surface area contributed by atoms with Crippen molar-refractivity contribution in [1.82, 2.24) is 39.5 Å². The molecule has 2 N–H and O–H groups in total. The van der Waals surface area contributed by atoms with Crippen LogP contribution in [-0.4, -0.2) is 103 Å². The molecule has 0 bridgehead atoms. The number of nitrogens with one attached hydrogen (secondary N) is 2. The maximum Gasteiger partial charge on any atom is 0.232 e. The van der Waals surface area contributed by atoms with Crippen molar-refractivity contribution < 1.29 is 9.59 Å². The fourth-order valence-electron chi connectivity index (χ4n) is 6.71. The van der Waals surface area contributed by atoms with Crippen LogP contribution in [0.1, 0.15) is 70.9 Å². The van der Waals surface area contributed by atoms with Crippen molar-refractivity contribution in [2.75, 3.05) is 45.8 Å². The molecule has 10 heteroatoms. The Morgan fingerprint density at radius 2 is 1.46 bits per heavy atom. The van der Waals surface area contributed by atoms with Crippen LogP contribution in [0.2, 0.25) is 0 Å². The SMILES string of the molecule is CC(C)(C)CN1CCC2(CC1)CCN(C(=O)CC(=O)N1CCC(N(Cc3ncc[nH]3)Cc3ncc[nH]3)CC1)C2. The van der Waals surface area contributed by atoms with E-state index in [4.69, 9.17) is 0 Å². The Balaban J connectivity index is 1.08. The van der Waals surface area contributed by atoms with Gasteiger partial charge in [-0.05, 0) is 56.0 Å². The van der Waals surface area contributed by atoms with E-state index in [0.717, 1.165) is 76.5 Å². The third kappa shape index (κ3) is 7.28. The van der Waals surface area contributed by atoms with Gasteiger partial charge in [0.05, 0.1) is 13.1 Å². The van der Waals surface area contributed by atoms with Gasteiger partial charge in [-0.1, -0.05) is 20.8 Å². The first-order valence-corrected chi connectivity index (χ1v) is 14.7. The minimum Gasteiger partial charge on any atom is -0.348 e. The van der Waals surface area contributed by atoms with E-state index in [1.165, 1.54) is 0 Å². The summed E-state index contributed by atoms with van der Waals surface area (Å²) in [6, 6.07) is 0.322. The molecule has 3 aliphatic heterocycles. The number of hydrogen-bond acceptors (Lipinski definition) is 6. The van der Waals surface area contributed by atoms with Crippen LogP contribution in [0.25, 0.3) is 0 Å². The third-order valence-corrected chi connectivity index (χ3v) is 8.86. The fraction of sp³-hybridized carbons (Fsp3) is 0.724. The summed E-state index contributed by atoms with van der Waals surface area (Å²) in [5.41, 5.74) is 0.561. The van der Waals surface area contributed by atoms with Gasteiger partial charge in [0.15, 0.2) is 0 Å². The average Bonchev–Trinajstić information content (AvgIpc) is 3.68. The van der Waals surface area contributed by atoms with Gasteiger partial charge >= 0.3 is 0 Å². The predicted octanol–water partition coefficient (Wildman–Crippen LogP) is 2.88. The second kappa shape index (κ2) is 11.8. The van der Waals surface area contributed by atoms with E-state index in [1.54, 1.807) is 12.4 Å². The number of carbonyl (C=O) groups excluding carboxylic acids is 2. The van der Waals surface area contributed by atoms with E-state index < -0.39 is 0 Å². The maximum absolute atomic E-state index is 13.1. The summed E-state index contributed by atoms with van der Waals surface area (Å²) in [5.74, 6) is 1.83. The normalized spacial score (nSPS) is 20.8. The first-order valence-electron chi connectivity index (χ1n) is 14.7. The summed E-state index contributed by atoms with van der Waals surface area (Å²) in [6.45, 7) is 14.6. The number of aromatic nitrogens is 4. The van der Waals surface area contributed by atoms with Crippen LogP contribution in [0, 0.1) is 10.8 Å². The van der Waals surface area contributed by atoms with E-state index in [2.05, 4.69) is 50.5 Å². The number of hydrogen-bond donors (Lipinski definition) is 2. The molecule has 10 nitrogen and oxygen atoms in total. The average molecular weight is 539 g/mol. The van der Waals surface area contributed by atoms with Crippen molar-refractivity contribution in [1.29, 1.82) is 0 Å². The van der Waals surface area contributed by atoms with E-state index >= 15 is 0 Å². The van der Waals surface area contributed by atoms with Crippen molar-refractivity contribution in [3.8, 4) is 0 Å². The number of piperidine rings is 2. The van der Waals surface area contributed by atoms with Gasteiger partial charge in [-0.25, -0.2) is 9.97 Å². The molecule has 5 heterocycles. The standard InChI is InChI=1S/C29H46N8O2/c1-28(2,3)21-34-15-6-29(7-16-34)8-17-36(22-29)27(39)18-26(38)35-13-4-23(5-14-35)37(19-24-30-9-10-31-24)20-25-32-11-12-33-25/h9-12,23H,4-8,13-22H2,1-3H3,(H,30,31)(H,32,33). The molecule has 3 aliphatic rings. The number of nitrogens with zero attached hydrogens (tertiary/aromatic N) is 6. The Bertz CT molecular complexity index is 1030. The lowest BCUT2D eigenvalue weighted by molar-refractivity contribution is -0.141. The highest BCUT2D eigenvalue weighted by Crippen LogP contribution is 2.41. The van der Waals surface area contributed by atoms with Crippen LogP contribution < -0.4 is 0 Å². The molecule has 214 valence electrons. The molecule has 0 aromatic carbocycles. The number of carbonyl (C=O) groups is 2. The van der Waals surface area contributed by atoms with E-state index in [-0.39, 0.29) is 23.7 Å². The van der Waals surface area contributed by atoms with E-state index in [9.17, 15) is 9.59 Å². The van der Waals surface area contributed by atoms with Crippen molar-refractivity contribution in [3.05, 3.63) is 36.4 Å². The second-order valence-corrected chi connectivity index (χ2v) is 13.2. The maximum atomic E-state index is 13.1. The van der Waals surface area contributed by atoms with Gasteiger partial charge in [-0.3, -0.25) is 14.5 Å². The summed E-state index contributed by atoms with van der Waals surface area (Å²) in [6.07, 6.45) is 12.4. The number of aromatic amines is 2. The Kier molecular flexibility index (Phi) is 8.42. The molecule has 3 saturated heterocycles.